The molecule has 0 fully saturated rings. The summed E-state index contributed by atoms with van der Waals surface area (Å²) in [6, 6.07) is 5.59. The van der Waals surface area contributed by atoms with E-state index < -0.39 is 22.8 Å². The Kier molecular flexibility index (Phi) is 8.99. The van der Waals surface area contributed by atoms with Crippen LogP contribution in [-0.4, -0.2) is 27.3 Å². The first-order chi connectivity index (χ1) is 13.0. The number of benzene rings is 1. The quantitative estimate of drug-likeness (QED) is 0.389. The van der Waals surface area contributed by atoms with Crippen molar-refractivity contribution in [3.63, 3.8) is 0 Å². The van der Waals surface area contributed by atoms with E-state index in [1.54, 1.807) is 33.8 Å². The molecule has 0 heterocycles. The van der Waals surface area contributed by atoms with Crippen LogP contribution in [0.15, 0.2) is 18.2 Å². The van der Waals surface area contributed by atoms with Crippen LogP contribution in [0, 0.1) is 10.8 Å². The zero-order chi connectivity index (χ0) is 21.4. The topological polar surface area (TPSA) is 94.8 Å². The van der Waals surface area contributed by atoms with Crippen LogP contribution in [0.2, 0.25) is 0 Å². The number of phenols is 1. The Morgan fingerprint density at radius 1 is 0.786 bits per heavy atom. The lowest BCUT2D eigenvalue weighted by Crippen LogP contribution is -2.23. The van der Waals surface area contributed by atoms with Crippen LogP contribution < -0.4 is 0 Å². The van der Waals surface area contributed by atoms with Crippen molar-refractivity contribution in [3.05, 3.63) is 29.3 Å². The van der Waals surface area contributed by atoms with Crippen molar-refractivity contribution in [2.45, 2.75) is 85.5 Å². The highest BCUT2D eigenvalue weighted by Gasteiger charge is 2.26. The molecular formula is C23H36O5. The van der Waals surface area contributed by atoms with Gasteiger partial charge in [0.2, 0.25) is 0 Å². The summed E-state index contributed by atoms with van der Waals surface area (Å²) in [6.45, 7) is 7.01. The van der Waals surface area contributed by atoms with Crippen molar-refractivity contribution in [1.82, 2.24) is 0 Å². The first-order valence-electron chi connectivity index (χ1n) is 10.2. The predicted molar refractivity (Wildman–Crippen MR) is 111 cm³/mol. The van der Waals surface area contributed by atoms with E-state index in [1.165, 1.54) is 0 Å². The average molecular weight is 393 g/mol. The smallest absolute Gasteiger partial charge is 0.309 e. The number of aliphatic carboxylic acids is 2. The van der Waals surface area contributed by atoms with Gasteiger partial charge in [-0.3, -0.25) is 9.59 Å². The number of rotatable bonds is 13. The summed E-state index contributed by atoms with van der Waals surface area (Å²) in [5.41, 5.74) is 0.700. The van der Waals surface area contributed by atoms with E-state index in [2.05, 4.69) is 0 Å². The SMILES string of the molecule is CC(C)(CCCCCc1c(O)cccc1CCCCC(C)(C)C(=O)O)C(=O)O. The molecule has 1 aromatic carbocycles. The third-order valence-corrected chi connectivity index (χ3v) is 5.63. The van der Waals surface area contributed by atoms with Crippen LogP contribution in [-0.2, 0) is 22.4 Å². The number of carbonyl (C=O) groups is 2. The maximum absolute atomic E-state index is 11.2. The minimum absolute atomic E-state index is 0.314. The van der Waals surface area contributed by atoms with Crippen molar-refractivity contribution >= 4 is 11.9 Å². The second kappa shape index (κ2) is 10.5. The summed E-state index contributed by atoms with van der Waals surface area (Å²) in [4.78, 5) is 22.3. The highest BCUT2D eigenvalue weighted by Crippen LogP contribution is 2.28. The van der Waals surface area contributed by atoms with Crippen LogP contribution in [0.25, 0.3) is 0 Å². The highest BCUT2D eigenvalue weighted by atomic mass is 16.4. The van der Waals surface area contributed by atoms with Gasteiger partial charge in [-0.25, -0.2) is 0 Å². The Labute approximate surface area is 168 Å². The van der Waals surface area contributed by atoms with Crippen molar-refractivity contribution in [2.75, 3.05) is 0 Å². The van der Waals surface area contributed by atoms with Crippen molar-refractivity contribution in [1.29, 1.82) is 0 Å². The number of carboxylic acids is 2. The summed E-state index contributed by atoms with van der Waals surface area (Å²) >= 11 is 0. The van der Waals surface area contributed by atoms with E-state index in [4.69, 9.17) is 5.11 Å². The third-order valence-electron chi connectivity index (χ3n) is 5.63. The van der Waals surface area contributed by atoms with E-state index in [1.807, 2.05) is 12.1 Å². The van der Waals surface area contributed by atoms with Gasteiger partial charge in [0.25, 0.3) is 0 Å². The maximum atomic E-state index is 11.2. The lowest BCUT2D eigenvalue weighted by Gasteiger charge is -2.19. The van der Waals surface area contributed by atoms with E-state index >= 15 is 0 Å². The number of aryl methyl sites for hydroxylation is 1. The summed E-state index contributed by atoms with van der Waals surface area (Å²) in [5.74, 6) is -1.22. The van der Waals surface area contributed by atoms with Gasteiger partial charge in [-0.05, 0) is 83.4 Å². The van der Waals surface area contributed by atoms with Gasteiger partial charge in [0.05, 0.1) is 10.8 Å². The van der Waals surface area contributed by atoms with Gasteiger partial charge in [-0.15, -0.1) is 0 Å². The van der Waals surface area contributed by atoms with Gasteiger partial charge in [-0.1, -0.05) is 31.4 Å². The molecule has 0 atom stereocenters. The summed E-state index contributed by atoms with van der Waals surface area (Å²) in [6.07, 6.45) is 7.29. The predicted octanol–water partition coefficient (Wildman–Crippen LogP) is 5.43. The molecule has 1 aromatic rings. The van der Waals surface area contributed by atoms with Gasteiger partial charge < -0.3 is 15.3 Å². The maximum Gasteiger partial charge on any atom is 0.309 e. The molecule has 0 radical (unpaired) electrons. The molecule has 0 spiro atoms. The van der Waals surface area contributed by atoms with Gasteiger partial charge >= 0.3 is 11.9 Å². The molecule has 0 aromatic heterocycles. The lowest BCUT2D eigenvalue weighted by molar-refractivity contribution is -0.148. The molecule has 5 nitrogen and oxygen atoms in total. The van der Waals surface area contributed by atoms with E-state index in [0.717, 1.165) is 56.1 Å². The minimum Gasteiger partial charge on any atom is -0.508 e. The molecule has 1 rings (SSSR count). The largest absolute Gasteiger partial charge is 0.508 e. The normalized spacial score (nSPS) is 12.1. The number of aromatic hydroxyl groups is 1. The molecule has 5 heteroatoms. The Balaban J connectivity index is 2.50. The molecule has 0 bridgehead atoms. The number of carboxylic acid groups (broad SMARTS) is 2. The Hall–Kier alpha value is -2.04. The average Bonchev–Trinajstić information content (AvgIpc) is 2.59. The van der Waals surface area contributed by atoms with Crippen LogP contribution in [0.4, 0.5) is 0 Å². The van der Waals surface area contributed by atoms with Gasteiger partial charge in [0.1, 0.15) is 5.75 Å². The van der Waals surface area contributed by atoms with Crippen LogP contribution in [0.3, 0.4) is 0 Å². The minimum atomic E-state index is -0.767. The van der Waals surface area contributed by atoms with Gasteiger partial charge in [0, 0.05) is 0 Å². The van der Waals surface area contributed by atoms with E-state index in [9.17, 15) is 19.8 Å². The zero-order valence-electron chi connectivity index (χ0n) is 17.8. The summed E-state index contributed by atoms with van der Waals surface area (Å²) in [7, 11) is 0. The molecule has 3 N–H and O–H groups in total. The number of hydrogen-bond acceptors (Lipinski definition) is 3. The number of hydrogen-bond donors (Lipinski definition) is 3. The Morgan fingerprint density at radius 2 is 1.29 bits per heavy atom. The molecule has 28 heavy (non-hydrogen) atoms. The van der Waals surface area contributed by atoms with Crippen molar-refractivity contribution in [2.24, 2.45) is 10.8 Å². The standard InChI is InChI=1S/C23H36O5/c1-22(2,20(25)26)15-8-5-6-13-18-17(12-10-14-19(18)24)11-7-9-16-23(3,4)21(27)28/h10,12,14,24H,5-9,11,13,15-16H2,1-4H3,(H,25,26)(H,27,28). The highest BCUT2D eigenvalue weighted by molar-refractivity contribution is 5.73. The Morgan fingerprint density at radius 3 is 1.82 bits per heavy atom. The van der Waals surface area contributed by atoms with E-state index in [-0.39, 0.29) is 0 Å². The van der Waals surface area contributed by atoms with Crippen molar-refractivity contribution in [3.8, 4) is 5.75 Å². The van der Waals surface area contributed by atoms with Crippen LogP contribution in [0.1, 0.15) is 83.8 Å². The molecular weight excluding hydrogens is 356 g/mol. The van der Waals surface area contributed by atoms with Crippen LogP contribution >= 0.6 is 0 Å². The zero-order valence-corrected chi connectivity index (χ0v) is 17.8. The van der Waals surface area contributed by atoms with Crippen molar-refractivity contribution < 1.29 is 24.9 Å². The monoisotopic (exact) mass is 392 g/mol. The molecule has 0 unspecified atom stereocenters. The second-order valence-corrected chi connectivity index (χ2v) is 9.06. The van der Waals surface area contributed by atoms with E-state index in [0.29, 0.717) is 18.6 Å². The fraction of sp³-hybridized carbons (Fsp3) is 0.652. The molecule has 0 saturated heterocycles. The molecule has 0 aliphatic rings. The molecule has 0 amide bonds. The number of phenolic OH excluding ortho intramolecular Hbond substituents is 1. The van der Waals surface area contributed by atoms with Gasteiger partial charge in [-0.2, -0.15) is 0 Å². The first-order valence-corrected chi connectivity index (χ1v) is 10.2. The third kappa shape index (κ3) is 7.53. The van der Waals surface area contributed by atoms with Gasteiger partial charge in [0.15, 0.2) is 0 Å². The van der Waals surface area contributed by atoms with Crippen LogP contribution in [0.5, 0.6) is 5.75 Å². The summed E-state index contributed by atoms with van der Waals surface area (Å²) in [5, 5.41) is 28.6. The fourth-order valence-electron chi connectivity index (χ4n) is 3.29. The molecule has 158 valence electrons. The second-order valence-electron chi connectivity index (χ2n) is 9.06. The number of unbranched alkanes of at least 4 members (excludes halogenated alkanes) is 3. The Bertz CT molecular complexity index is 661. The first kappa shape index (κ1) is 24.0. The molecule has 0 aliphatic carbocycles. The molecule has 0 aliphatic heterocycles. The fourth-order valence-corrected chi connectivity index (χ4v) is 3.29. The lowest BCUT2D eigenvalue weighted by atomic mass is 9.86. The summed E-state index contributed by atoms with van der Waals surface area (Å²) < 4.78 is 0. The molecule has 0 saturated carbocycles.